The van der Waals surface area contributed by atoms with Crippen LogP contribution in [0.3, 0.4) is 0 Å². The summed E-state index contributed by atoms with van der Waals surface area (Å²) in [7, 11) is 0. The van der Waals surface area contributed by atoms with E-state index in [1.165, 1.54) is 0 Å². The lowest BCUT2D eigenvalue weighted by Gasteiger charge is -2.15. The highest BCUT2D eigenvalue weighted by molar-refractivity contribution is 6.35. The van der Waals surface area contributed by atoms with Gasteiger partial charge >= 0.3 is 0 Å². The van der Waals surface area contributed by atoms with E-state index in [0.29, 0.717) is 33.1 Å². The van der Waals surface area contributed by atoms with E-state index in [4.69, 9.17) is 16.3 Å². The van der Waals surface area contributed by atoms with Gasteiger partial charge in [0.25, 0.3) is 11.5 Å². The molecular weight excluding hydrogens is 390 g/mol. The first kappa shape index (κ1) is 20.9. The van der Waals surface area contributed by atoms with E-state index in [0.717, 1.165) is 16.6 Å². The fourth-order valence-corrected chi connectivity index (χ4v) is 3.54. The summed E-state index contributed by atoms with van der Waals surface area (Å²) in [6.07, 6.45) is -0.0903. The van der Waals surface area contributed by atoms with Crippen molar-refractivity contribution in [1.82, 2.24) is 15.3 Å². The van der Waals surface area contributed by atoms with Gasteiger partial charge in [0.1, 0.15) is 5.75 Å². The molecule has 152 valence electrons. The number of hydrogen-bond acceptors (Lipinski definition) is 4. The summed E-state index contributed by atoms with van der Waals surface area (Å²) in [6, 6.07) is 7.07. The lowest BCUT2D eigenvalue weighted by Crippen LogP contribution is -2.28. The SMILES string of the molecule is Cc1cc(Cl)c2ccc(C(=O)NCc3c(OC(C)C)cc(C)[nH]c3=O)c(C)c2n1. The van der Waals surface area contributed by atoms with Crippen molar-refractivity contribution in [3.8, 4) is 5.75 Å². The highest BCUT2D eigenvalue weighted by Gasteiger charge is 2.17. The molecule has 2 aromatic heterocycles. The molecule has 0 radical (unpaired) electrons. The summed E-state index contributed by atoms with van der Waals surface area (Å²) < 4.78 is 5.76. The number of aryl methyl sites for hydroxylation is 3. The summed E-state index contributed by atoms with van der Waals surface area (Å²) in [4.78, 5) is 32.5. The fourth-order valence-electron chi connectivity index (χ4n) is 3.23. The van der Waals surface area contributed by atoms with Crippen molar-refractivity contribution in [3.63, 3.8) is 0 Å². The maximum absolute atomic E-state index is 12.8. The Bertz CT molecular complexity index is 1150. The average molecular weight is 414 g/mol. The molecule has 0 spiro atoms. The van der Waals surface area contributed by atoms with Gasteiger partial charge in [-0.2, -0.15) is 0 Å². The predicted octanol–water partition coefficient (Wildman–Crippen LogP) is 4.22. The monoisotopic (exact) mass is 413 g/mol. The van der Waals surface area contributed by atoms with E-state index in [2.05, 4.69) is 15.3 Å². The summed E-state index contributed by atoms with van der Waals surface area (Å²) in [6.45, 7) is 9.31. The van der Waals surface area contributed by atoms with Gasteiger partial charge in [-0.1, -0.05) is 17.7 Å². The first-order valence-electron chi connectivity index (χ1n) is 9.41. The number of ether oxygens (including phenoxy) is 1. The summed E-state index contributed by atoms with van der Waals surface area (Å²) in [5.74, 6) is 0.181. The largest absolute Gasteiger partial charge is 0.490 e. The number of amides is 1. The van der Waals surface area contributed by atoms with Gasteiger partial charge in [0, 0.05) is 22.3 Å². The van der Waals surface area contributed by atoms with Crippen LogP contribution in [0.4, 0.5) is 0 Å². The number of aromatic amines is 1. The Balaban J connectivity index is 1.91. The molecule has 0 fully saturated rings. The first-order chi connectivity index (χ1) is 13.7. The van der Waals surface area contributed by atoms with E-state index in [-0.39, 0.29) is 24.1 Å². The van der Waals surface area contributed by atoms with Crippen molar-refractivity contribution in [2.45, 2.75) is 47.3 Å². The summed E-state index contributed by atoms with van der Waals surface area (Å²) >= 11 is 6.30. The van der Waals surface area contributed by atoms with Crippen LogP contribution in [0.15, 0.2) is 29.1 Å². The van der Waals surface area contributed by atoms with Crippen molar-refractivity contribution in [3.05, 3.63) is 67.7 Å². The summed E-state index contributed by atoms with van der Waals surface area (Å²) in [5, 5.41) is 4.23. The summed E-state index contributed by atoms with van der Waals surface area (Å²) in [5.41, 5.74) is 3.51. The number of pyridine rings is 2. The molecule has 1 amide bonds. The Morgan fingerprint density at radius 2 is 1.97 bits per heavy atom. The van der Waals surface area contributed by atoms with Crippen LogP contribution in [0.25, 0.3) is 10.9 Å². The number of rotatable bonds is 5. The molecule has 0 saturated carbocycles. The van der Waals surface area contributed by atoms with Crippen molar-refractivity contribution in [2.24, 2.45) is 0 Å². The van der Waals surface area contributed by atoms with Crippen LogP contribution < -0.4 is 15.6 Å². The molecule has 6 nitrogen and oxygen atoms in total. The van der Waals surface area contributed by atoms with Gasteiger partial charge in [-0.05, 0) is 58.4 Å². The molecule has 3 rings (SSSR count). The minimum atomic E-state index is -0.292. The van der Waals surface area contributed by atoms with Crippen molar-refractivity contribution >= 4 is 28.4 Å². The van der Waals surface area contributed by atoms with Crippen LogP contribution >= 0.6 is 11.6 Å². The highest BCUT2D eigenvalue weighted by Crippen LogP contribution is 2.27. The van der Waals surface area contributed by atoms with Crippen molar-refractivity contribution in [2.75, 3.05) is 0 Å². The van der Waals surface area contributed by atoms with E-state index in [9.17, 15) is 9.59 Å². The molecular formula is C22H24ClN3O3. The Labute approximate surface area is 174 Å². The standard InChI is InChI=1S/C22H24ClN3O3/c1-11(2)29-19-9-13(4)26-22(28)17(19)10-24-21(27)15-6-7-16-18(23)8-12(3)25-20(16)14(15)5/h6-9,11H,10H2,1-5H3,(H,24,27)(H,26,28). The van der Waals surface area contributed by atoms with Crippen LogP contribution in [-0.2, 0) is 6.54 Å². The van der Waals surface area contributed by atoms with Crippen LogP contribution in [0.1, 0.15) is 46.7 Å². The molecule has 0 aliphatic rings. The molecule has 0 saturated heterocycles. The quantitative estimate of drug-likeness (QED) is 0.655. The zero-order chi connectivity index (χ0) is 21.3. The maximum Gasteiger partial charge on any atom is 0.256 e. The van der Waals surface area contributed by atoms with Gasteiger partial charge in [-0.25, -0.2) is 0 Å². The third kappa shape index (κ3) is 4.43. The maximum atomic E-state index is 12.8. The normalized spacial score (nSPS) is 11.1. The van der Waals surface area contributed by atoms with Gasteiger partial charge in [0.2, 0.25) is 0 Å². The molecule has 0 aliphatic carbocycles. The Morgan fingerprint density at radius 1 is 1.24 bits per heavy atom. The lowest BCUT2D eigenvalue weighted by molar-refractivity contribution is 0.0950. The average Bonchev–Trinajstić information content (AvgIpc) is 2.61. The molecule has 29 heavy (non-hydrogen) atoms. The number of aromatic nitrogens is 2. The molecule has 1 aromatic carbocycles. The number of nitrogens with one attached hydrogen (secondary N) is 2. The number of carbonyl (C=O) groups is 1. The van der Waals surface area contributed by atoms with E-state index in [1.54, 1.807) is 31.2 Å². The van der Waals surface area contributed by atoms with E-state index >= 15 is 0 Å². The number of fused-ring (bicyclic) bond motifs is 1. The Hall–Kier alpha value is -2.86. The molecule has 0 unspecified atom stereocenters. The lowest BCUT2D eigenvalue weighted by atomic mass is 10.0. The minimum Gasteiger partial charge on any atom is -0.490 e. The second-order valence-electron chi connectivity index (χ2n) is 7.35. The smallest absolute Gasteiger partial charge is 0.256 e. The molecule has 3 aromatic rings. The number of nitrogens with zero attached hydrogens (tertiary/aromatic N) is 1. The Morgan fingerprint density at radius 3 is 2.66 bits per heavy atom. The number of hydrogen-bond donors (Lipinski definition) is 2. The minimum absolute atomic E-state index is 0.0516. The number of carbonyl (C=O) groups excluding carboxylic acids is 1. The highest BCUT2D eigenvalue weighted by atomic mass is 35.5. The zero-order valence-electron chi connectivity index (χ0n) is 17.1. The number of benzene rings is 1. The number of H-pyrrole nitrogens is 1. The second kappa shape index (κ2) is 8.25. The molecule has 0 atom stereocenters. The van der Waals surface area contributed by atoms with Gasteiger partial charge in [0.05, 0.1) is 28.8 Å². The van der Waals surface area contributed by atoms with E-state index < -0.39 is 0 Å². The first-order valence-corrected chi connectivity index (χ1v) is 9.79. The second-order valence-corrected chi connectivity index (χ2v) is 7.76. The van der Waals surface area contributed by atoms with Crippen LogP contribution in [0.2, 0.25) is 5.02 Å². The van der Waals surface area contributed by atoms with Crippen LogP contribution in [-0.4, -0.2) is 22.0 Å². The van der Waals surface area contributed by atoms with E-state index in [1.807, 2.05) is 27.7 Å². The molecule has 0 aliphatic heterocycles. The van der Waals surface area contributed by atoms with Crippen LogP contribution in [0.5, 0.6) is 5.75 Å². The third-order valence-corrected chi connectivity index (χ3v) is 4.89. The Kier molecular flexibility index (Phi) is 5.94. The predicted molar refractivity (Wildman–Crippen MR) is 115 cm³/mol. The molecule has 7 heteroatoms. The van der Waals surface area contributed by atoms with Gasteiger partial charge in [0.15, 0.2) is 0 Å². The fraction of sp³-hybridized carbons (Fsp3) is 0.318. The van der Waals surface area contributed by atoms with Gasteiger partial charge < -0.3 is 15.0 Å². The topological polar surface area (TPSA) is 84.1 Å². The van der Waals surface area contributed by atoms with Crippen molar-refractivity contribution in [1.29, 1.82) is 0 Å². The van der Waals surface area contributed by atoms with Crippen molar-refractivity contribution < 1.29 is 9.53 Å². The number of halogens is 1. The molecule has 2 heterocycles. The zero-order valence-corrected chi connectivity index (χ0v) is 17.9. The van der Waals surface area contributed by atoms with Crippen LogP contribution in [0, 0.1) is 20.8 Å². The third-order valence-electron chi connectivity index (χ3n) is 4.57. The molecule has 2 N–H and O–H groups in total. The van der Waals surface area contributed by atoms with Gasteiger partial charge in [-0.3, -0.25) is 14.6 Å². The molecule has 0 bridgehead atoms. The van der Waals surface area contributed by atoms with Gasteiger partial charge in [-0.15, -0.1) is 0 Å².